The molecular weight excluding hydrogens is 468 g/mol. The second-order valence-corrected chi connectivity index (χ2v) is 9.21. The molecule has 0 aliphatic heterocycles. The van der Waals surface area contributed by atoms with Crippen LogP contribution in [0.25, 0.3) is 23.5 Å². The number of ether oxygens (including phenoxy) is 2. The van der Waals surface area contributed by atoms with Gasteiger partial charge in [0.05, 0.1) is 11.4 Å². The third kappa shape index (κ3) is 5.07. The molecule has 4 nitrogen and oxygen atoms in total. The molecule has 0 atom stereocenters. The van der Waals surface area contributed by atoms with Gasteiger partial charge in [-0.05, 0) is 97.8 Å². The van der Waals surface area contributed by atoms with Gasteiger partial charge >= 0.3 is 0 Å². The Bertz CT molecular complexity index is 1440. The average Bonchev–Trinajstić information content (AvgIpc) is 3.57. The van der Waals surface area contributed by atoms with Crippen molar-refractivity contribution in [1.29, 1.82) is 0 Å². The van der Waals surface area contributed by atoms with Gasteiger partial charge in [-0.2, -0.15) is 0 Å². The largest absolute Gasteiger partial charge is 0.487 e. The van der Waals surface area contributed by atoms with Crippen molar-refractivity contribution in [2.24, 2.45) is 0 Å². The molecule has 38 heavy (non-hydrogen) atoms. The van der Waals surface area contributed by atoms with Gasteiger partial charge in [0.2, 0.25) is 0 Å². The van der Waals surface area contributed by atoms with Crippen LogP contribution in [-0.4, -0.2) is 9.13 Å². The van der Waals surface area contributed by atoms with Crippen molar-refractivity contribution >= 4 is 12.2 Å². The van der Waals surface area contributed by atoms with Gasteiger partial charge in [-0.15, -0.1) is 0 Å². The summed E-state index contributed by atoms with van der Waals surface area (Å²) in [5.74, 6) is 1.69. The van der Waals surface area contributed by atoms with Crippen molar-refractivity contribution < 1.29 is 9.47 Å². The first-order valence-electron chi connectivity index (χ1n) is 12.7. The number of para-hydroxylation sites is 2. The lowest BCUT2D eigenvalue weighted by Crippen LogP contribution is -2.07. The van der Waals surface area contributed by atoms with E-state index >= 15 is 0 Å². The number of rotatable bonds is 10. The lowest BCUT2D eigenvalue weighted by molar-refractivity contribution is 0.287. The van der Waals surface area contributed by atoms with Crippen molar-refractivity contribution in [1.82, 2.24) is 9.13 Å². The Morgan fingerprint density at radius 1 is 0.579 bits per heavy atom. The molecule has 0 aliphatic rings. The standard InChI is InChI=1S/C34H32N2O2/c1-5-27-17-19-31(35(27)29-13-9-7-10-14-29)23-37-33-21-26(4)34(22-25(33)3)38-24-32-20-18-28(6-2)36(32)30-15-11-8-12-16-30/h5-22H,1-2,23-24H2,3-4H3. The Kier molecular flexibility index (Phi) is 7.32. The molecular formula is C34H32N2O2. The molecule has 0 spiro atoms. The van der Waals surface area contributed by atoms with Crippen molar-refractivity contribution in [2.45, 2.75) is 27.1 Å². The van der Waals surface area contributed by atoms with Crippen LogP contribution in [-0.2, 0) is 13.2 Å². The summed E-state index contributed by atoms with van der Waals surface area (Å²) in [7, 11) is 0. The summed E-state index contributed by atoms with van der Waals surface area (Å²) in [6.07, 6.45) is 3.73. The summed E-state index contributed by atoms with van der Waals surface area (Å²) < 4.78 is 17.0. The fourth-order valence-electron chi connectivity index (χ4n) is 4.70. The van der Waals surface area contributed by atoms with Crippen LogP contribution in [0.15, 0.2) is 110 Å². The quantitative estimate of drug-likeness (QED) is 0.193. The van der Waals surface area contributed by atoms with E-state index in [0.717, 1.165) is 56.8 Å². The lowest BCUT2D eigenvalue weighted by Gasteiger charge is -2.17. The van der Waals surface area contributed by atoms with Crippen LogP contribution in [0, 0.1) is 13.8 Å². The average molecular weight is 501 g/mol. The monoisotopic (exact) mass is 500 g/mol. The second-order valence-electron chi connectivity index (χ2n) is 9.21. The van der Waals surface area contributed by atoms with Gasteiger partial charge in [0.25, 0.3) is 0 Å². The number of aryl methyl sites for hydroxylation is 2. The highest BCUT2D eigenvalue weighted by Crippen LogP contribution is 2.30. The summed E-state index contributed by atoms with van der Waals surface area (Å²) in [6, 6.07) is 32.9. The van der Waals surface area contributed by atoms with Gasteiger partial charge in [-0.3, -0.25) is 0 Å². The zero-order valence-electron chi connectivity index (χ0n) is 21.9. The van der Waals surface area contributed by atoms with Gasteiger partial charge in [-0.25, -0.2) is 0 Å². The molecule has 4 heteroatoms. The Morgan fingerprint density at radius 2 is 0.974 bits per heavy atom. The molecule has 2 aromatic heterocycles. The molecule has 0 unspecified atom stereocenters. The summed E-state index contributed by atoms with van der Waals surface area (Å²) in [4.78, 5) is 0. The maximum Gasteiger partial charge on any atom is 0.129 e. The summed E-state index contributed by atoms with van der Waals surface area (Å²) in [6.45, 7) is 12.9. The van der Waals surface area contributed by atoms with E-state index in [0.29, 0.717) is 13.2 Å². The zero-order chi connectivity index (χ0) is 26.5. The maximum absolute atomic E-state index is 6.31. The third-order valence-corrected chi connectivity index (χ3v) is 6.65. The van der Waals surface area contributed by atoms with Gasteiger partial charge < -0.3 is 18.6 Å². The molecule has 2 heterocycles. The number of benzene rings is 3. The topological polar surface area (TPSA) is 28.3 Å². The van der Waals surface area contributed by atoms with E-state index < -0.39 is 0 Å². The molecule has 5 rings (SSSR count). The van der Waals surface area contributed by atoms with E-state index in [2.05, 4.69) is 96.8 Å². The summed E-state index contributed by atoms with van der Waals surface area (Å²) in [5.41, 5.74) is 8.41. The molecule has 3 aromatic carbocycles. The van der Waals surface area contributed by atoms with E-state index in [-0.39, 0.29) is 0 Å². The van der Waals surface area contributed by atoms with E-state index in [1.54, 1.807) is 0 Å². The minimum absolute atomic E-state index is 0.443. The minimum Gasteiger partial charge on any atom is -0.487 e. The first-order valence-corrected chi connectivity index (χ1v) is 12.7. The van der Waals surface area contributed by atoms with E-state index in [1.165, 1.54) is 0 Å². The first-order chi connectivity index (χ1) is 18.6. The molecule has 0 bridgehead atoms. The predicted octanol–water partition coefficient (Wildman–Crippen LogP) is 8.33. The molecule has 0 aliphatic carbocycles. The van der Waals surface area contributed by atoms with Gasteiger partial charge in [0, 0.05) is 22.8 Å². The third-order valence-electron chi connectivity index (χ3n) is 6.65. The van der Waals surface area contributed by atoms with Crippen molar-refractivity contribution in [3.05, 3.63) is 144 Å². The van der Waals surface area contributed by atoms with Crippen molar-refractivity contribution in [2.75, 3.05) is 0 Å². The Hall–Kier alpha value is -4.70. The van der Waals surface area contributed by atoms with E-state index in [1.807, 2.05) is 48.6 Å². The summed E-state index contributed by atoms with van der Waals surface area (Å²) in [5, 5.41) is 0. The van der Waals surface area contributed by atoms with Crippen LogP contribution in [0.3, 0.4) is 0 Å². The number of hydrogen-bond acceptors (Lipinski definition) is 2. The van der Waals surface area contributed by atoms with Crippen LogP contribution >= 0.6 is 0 Å². The number of hydrogen-bond donors (Lipinski definition) is 0. The van der Waals surface area contributed by atoms with Crippen LogP contribution < -0.4 is 9.47 Å². The molecule has 0 fully saturated rings. The Morgan fingerprint density at radius 3 is 1.34 bits per heavy atom. The molecule has 0 amide bonds. The fraction of sp³-hybridized carbons (Fsp3) is 0.118. The van der Waals surface area contributed by atoms with Crippen LogP contribution in [0.4, 0.5) is 0 Å². The van der Waals surface area contributed by atoms with E-state index in [4.69, 9.17) is 9.47 Å². The molecule has 0 N–H and O–H groups in total. The highest BCUT2D eigenvalue weighted by molar-refractivity contribution is 5.52. The van der Waals surface area contributed by atoms with Crippen LogP contribution in [0.5, 0.6) is 11.5 Å². The Balaban J connectivity index is 1.33. The number of aromatic nitrogens is 2. The molecule has 0 saturated heterocycles. The van der Waals surface area contributed by atoms with Gasteiger partial charge in [-0.1, -0.05) is 49.6 Å². The second kappa shape index (κ2) is 11.1. The Labute approximate surface area is 224 Å². The van der Waals surface area contributed by atoms with E-state index in [9.17, 15) is 0 Å². The number of nitrogens with zero attached hydrogens (tertiary/aromatic N) is 2. The predicted molar refractivity (Wildman–Crippen MR) is 156 cm³/mol. The molecule has 0 saturated carbocycles. The fourth-order valence-corrected chi connectivity index (χ4v) is 4.70. The minimum atomic E-state index is 0.443. The highest BCUT2D eigenvalue weighted by Gasteiger charge is 2.13. The van der Waals surface area contributed by atoms with Gasteiger partial charge in [0.1, 0.15) is 24.7 Å². The molecule has 5 aromatic rings. The van der Waals surface area contributed by atoms with Crippen LogP contribution in [0.2, 0.25) is 0 Å². The van der Waals surface area contributed by atoms with Crippen LogP contribution in [0.1, 0.15) is 33.9 Å². The normalized spacial score (nSPS) is 10.8. The highest BCUT2D eigenvalue weighted by atomic mass is 16.5. The SMILES string of the molecule is C=Cc1ccc(COc2cc(C)c(OCc3ccc(C=C)n3-c3ccccc3)cc2C)n1-c1ccccc1. The van der Waals surface area contributed by atoms with Crippen molar-refractivity contribution in [3.63, 3.8) is 0 Å². The first kappa shape index (κ1) is 25.0. The smallest absolute Gasteiger partial charge is 0.129 e. The van der Waals surface area contributed by atoms with Crippen molar-refractivity contribution in [3.8, 4) is 22.9 Å². The maximum atomic E-state index is 6.31. The molecule has 0 radical (unpaired) electrons. The zero-order valence-corrected chi connectivity index (χ0v) is 21.9. The van der Waals surface area contributed by atoms with Gasteiger partial charge in [0.15, 0.2) is 0 Å². The summed E-state index contributed by atoms with van der Waals surface area (Å²) >= 11 is 0. The molecule has 190 valence electrons. The lowest BCUT2D eigenvalue weighted by atomic mass is 10.1.